The first-order valence-corrected chi connectivity index (χ1v) is 5.91. The van der Waals surface area contributed by atoms with Crippen molar-refractivity contribution in [3.63, 3.8) is 0 Å². The molecule has 1 unspecified atom stereocenters. The monoisotopic (exact) mass is 255 g/mol. The molecule has 17 heavy (non-hydrogen) atoms. The molecule has 0 bridgehead atoms. The molecule has 0 fully saturated rings. The fraction of sp³-hybridized carbons (Fsp3) is 0.364. The van der Waals surface area contributed by atoms with Crippen molar-refractivity contribution in [2.75, 3.05) is 0 Å². The predicted molar refractivity (Wildman–Crippen MR) is 65.4 cm³/mol. The molecule has 0 saturated heterocycles. The molecule has 0 aromatic heterocycles. The maximum atomic E-state index is 10.6. The Morgan fingerprint density at radius 2 is 2.24 bits per heavy atom. The molecule has 1 rings (SSSR count). The highest BCUT2D eigenvalue weighted by molar-refractivity contribution is 8.00. The Morgan fingerprint density at radius 3 is 2.76 bits per heavy atom. The van der Waals surface area contributed by atoms with Crippen molar-refractivity contribution >= 4 is 23.4 Å². The van der Waals surface area contributed by atoms with E-state index in [1.165, 1.54) is 23.9 Å². The number of hydrogen-bond donors (Lipinski definition) is 1. The number of aliphatic carboxylic acids is 1. The Bertz CT molecular complexity index is 447. The summed E-state index contributed by atoms with van der Waals surface area (Å²) < 4.78 is 0. The minimum atomic E-state index is -0.868. The number of nitro groups is 1. The van der Waals surface area contributed by atoms with Crippen molar-refractivity contribution in [2.45, 2.75) is 30.4 Å². The molecule has 0 amide bonds. The van der Waals surface area contributed by atoms with E-state index in [2.05, 4.69) is 0 Å². The molecule has 0 aliphatic heterocycles. The molecule has 0 saturated carbocycles. The first kappa shape index (κ1) is 13.5. The number of non-ortho nitro benzene ring substituents is 1. The van der Waals surface area contributed by atoms with Crippen molar-refractivity contribution in [1.82, 2.24) is 0 Å². The fourth-order valence-corrected chi connectivity index (χ4v) is 2.44. The number of nitro benzene ring substituents is 1. The summed E-state index contributed by atoms with van der Waals surface area (Å²) in [5.41, 5.74) is 0.943. The minimum absolute atomic E-state index is 0.0284. The van der Waals surface area contributed by atoms with E-state index in [9.17, 15) is 14.9 Å². The molecule has 0 radical (unpaired) electrons. The molecule has 0 aliphatic rings. The third kappa shape index (κ3) is 4.07. The molecule has 1 aromatic rings. The summed E-state index contributed by atoms with van der Waals surface area (Å²) in [6.45, 7) is 3.64. The average molecular weight is 255 g/mol. The Labute approximate surface area is 103 Å². The number of aryl methyl sites for hydroxylation is 1. The highest BCUT2D eigenvalue weighted by Gasteiger charge is 2.14. The summed E-state index contributed by atoms with van der Waals surface area (Å²) in [6, 6.07) is 4.60. The molecule has 1 N–H and O–H groups in total. The zero-order chi connectivity index (χ0) is 13.0. The molecule has 1 aromatic carbocycles. The fourth-order valence-electron chi connectivity index (χ4n) is 1.33. The van der Waals surface area contributed by atoms with Gasteiger partial charge in [0.2, 0.25) is 0 Å². The third-order valence-corrected chi connectivity index (χ3v) is 3.44. The van der Waals surface area contributed by atoms with Crippen LogP contribution in [0.4, 0.5) is 5.69 Å². The maximum Gasteiger partial charge on any atom is 0.304 e. The molecule has 1 atom stereocenters. The standard InChI is InChI=1S/C11H13NO4S/c1-7-3-4-9(12(15)16)6-10(7)17-8(2)5-11(13)14/h3-4,6,8H,5H2,1-2H3,(H,13,14). The van der Waals surface area contributed by atoms with Gasteiger partial charge in [-0.1, -0.05) is 13.0 Å². The lowest BCUT2D eigenvalue weighted by atomic mass is 10.2. The van der Waals surface area contributed by atoms with E-state index in [0.717, 1.165) is 10.5 Å². The van der Waals surface area contributed by atoms with E-state index in [1.54, 1.807) is 13.0 Å². The number of carboxylic acid groups (broad SMARTS) is 1. The average Bonchev–Trinajstić information content (AvgIpc) is 2.19. The van der Waals surface area contributed by atoms with Crippen molar-refractivity contribution in [2.24, 2.45) is 0 Å². The Balaban J connectivity index is 2.86. The van der Waals surface area contributed by atoms with Crippen molar-refractivity contribution in [3.05, 3.63) is 33.9 Å². The van der Waals surface area contributed by atoms with Crippen LogP contribution in [0.15, 0.2) is 23.1 Å². The normalized spacial score (nSPS) is 12.1. The van der Waals surface area contributed by atoms with Gasteiger partial charge in [-0.2, -0.15) is 0 Å². The highest BCUT2D eigenvalue weighted by atomic mass is 32.2. The van der Waals surface area contributed by atoms with Gasteiger partial charge in [-0.15, -0.1) is 11.8 Å². The highest BCUT2D eigenvalue weighted by Crippen LogP contribution is 2.31. The third-order valence-electron chi connectivity index (χ3n) is 2.17. The second-order valence-electron chi connectivity index (χ2n) is 3.73. The van der Waals surface area contributed by atoms with Crippen LogP contribution in [0.1, 0.15) is 18.9 Å². The molecule has 5 nitrogen and oxygen atoms in total. The Hall–Kier alpha value is -1.56. The van der Waals surface area contributed by atoms with E-state index in [-0.39, 0.29) is 17.4 Å². The zero-order valence-corrected chi connectivity index (χ0v) is 10.4. The quantitative estimate of drug-likeness (QED) is 0.497. The number of carboxylic acids is 1. The molecule has 0 aliphatic carbocycles. The van der Waals surface area contributed by atoms with Gasteiger partial charge < -0.3 is 5.11 Å². The molecular weight excluding hydrogens is 242 g/mol. The summed E-state index contributed by atoms with van der Waals surface area (Å²) >= 11 is 1.34. The lowest BCUT2D eigenvalue weighted by molar-refractivity contribution is -0.385. The van der Waals surface area contributed by atoms with Gasteiger partial charge in [-0.25, -0.2) is 0 Å². The van der Waals surface area contributed by atoms with Crippen LogP contribution < -0.4 is 0 Å². The van der Waals surface area contributed by atoms with Crippen LogP contribution in [0, 0.1) is 17.0 Å². The first-order valence-electron chi connectivity index (χ1n) is 5.03. The van der Waals surface area contributed by atoms with Gasteiger partial charge in [0.05, 0.1) is 11.3 Å². The van der Waals surface area contributed by atoms with Crippen LogP contribution in [0.25, 0.3) is 0 Å². The Morgan fingerprint density at radius 1 is 1.59 bits per heavy atom. The minimum Gasteiger partial charge on any atom is -0.481 e. The number of hydrogen-bond acceptors (Lipinski definition) is 4. The molecule has 0 spiro atoms. The summed E-state index contributed by atoms with van der Waals surface area (Å²) in [5.74, 6) is -0.868. The van der Waals surface area contributed by atoms with Crippen molar-refractivity contribution in [3.8, 4) is 0 Å². The summed E-state index contributed by atoms with van der Waals surface area (Å²) in [5, 5.41) is 19.2. The number of thioether (sulfide) groups is 1. The molecule has 6 heteroatoms. The van der Waals surface area contributed by atoms with Crippen molar-refractivity contribution < 1.29 is 14.8 Å². The largest absolute Gasteiger partial charge is 0.481 e. The van der Waals surface area contributed by atoms with Crippen LogP contribution in [0.5, 0.6) is 0 Å². The zero-order valence-electron chi connectivity index (χ0n) is 9.54. The molecule has 0 heterocycles. The van der Waals surface area contributed by atoms with E-state index < -0.39 is 10.9 Å². The smallest absolute Gasteiger partial charge is 0.304 e. The van der Waals surface area contributed by atoms with Crippen LogP contribution in [0.3, 0.4) is 0 Å². The van der Waals surface area contributed by atoms with E-state index in [0.29, 0.717) is 0 Å². The molecular formula is C11H13NO4S. The van der Waals surface area contributed by atoms with Crippen LogP contribution >= 0.6 is 11.8 Å². The second kappa shape index (κ2) is 5.67. The number of benzene rings is 1. The van der Waals surface area contributed by atoms with Crippen LogP contribution in [-0.4, -0.2) is 21.2 Å². The van der Waals surface area contributed by atoms with Crippen LogP contribution in [0.2, 0.25) is 0 Å². The van der Waals surface area contributed by atoms with Gasteiger partial charge >= 0.3 is 5.97 Å². The van der Waals surface area contributed by atoms with E-state index in [1.807, 2.05) is 6.92 Å². The second-order valence-corrected chi connectivity index (χ2v) is 5.21. The van der Waals surface area contributed by atoms with Gasteiger partial charge in [0, 0.05) is 22.3 Å². The lowest BCUT2D eigenvalue weighted by Gasteiger charge is -2.10. The maximum absolute atomic E-state index is 10.6. The van der Waals surface area contributed by atoms with Crippen LogP contribution in [-0.2, 0) is 4.79 Å². The van der Waals surface area contributed by atoms with E-state index in [4.69, 9.17) is 5.11 Å². The summed E-state index contributed by atoms with van der Waals surface area (Å²) in [4.78, 5) is 21.5. The first-order chi connectivity index (χ1) is 7.90. The van der Waals surface area contributed by atoms with Gasteiger partial charge in [-0.05, 0) is 12.5 Å². The predicted octanol–water partition coefficient (Wildman–Crippen LogP) is 2.86. The van der Waals surface area contributed by atoms with Gasteiger partial charge in [-0.3, -0.25) is 14.9 Å². The molecule has 92 valence electrons. The number of carbonyl (C=O) groups is 1. The lowest BCUT2D eigenvalue weighted by Crippen LogP contribution is -2.05. The van der Waals surface area contributed by atoms with Gasteiger partial charge in [0.25, 0.3) is 5.69 Å². The number of nitrogens with zero attached hydrogens (tertiary/aromatic N) is 1. The van der Waals surface area contributed by atoms with Gasteiger partial charge in [0.1, 0.15) is 0 Å². The topological polar surface area (TPSA) is 80.4 Å². The SMILES string of the molecule is Cc1ccc([N+](=O)[O-])cc1SC(C)CC(=O)O. The van der Waals surface area contributed by atoms with E-state index >= 15 is 0 Å². The summed E-state index contributed by atoms with van der Waals surface area (Å²) in [6.07, 6.45) is 0.0345. The number of rotatable bonds is 5. The summed E-state index contributed by atoms with van der Waals surface area (Å²) in [7, 11) is 0. The van der Waals surface area contributed by atoms with Gasteiger partial charge in [0.15, 0.2) is 0 Å². The van der Waals surface area contributed by atoms with Crippen molar-refractivity contribution in [1.29, 1.82) is 0 Å². The Kier molecular flexibility index (Phi) is 4.51.